The van der Waals surface area contributed by atoms with E-state index in [1.807, 2.05) is 26.0 Å². The molecule has 0 aromatic carbocycles. The van der Waals surface area contributed by atoms with Gasteiger partial charge in [0, 0.05) is 5.57 Å². The van der Waals surface area contributed by atoms with Crippen molar-refractivity contribution in [3.63, 3.8) is 0 Å². The van der Waals surface area contributed by atoms with Crippen LogP contribution in [0.4, 0.5) is 0 Å². The maximum atomic E-state index is 11.4. The quantitative estimate of drug-likeness (QED) is 0.395. The third-order valence-corrected chi connectivity index (χ3v) is 3.06. The molecule has 0 unspecified atom stereocenters. The highest BCUT2D eigenvalue weighted by Crippen LogP contribution is 2.11. The lowest BCUT2D eigenvalue weighted by Crippen LogP contribution is -2.04. The molecule has 0 aliphatic carbocycles. The Labute approximate surface area is 123 Å². The number of carbonyl (C=O) groups excluding carboxylic acids is 1. The van der Waals surface area contributed by atoms with Crippen molar-refractivity contribution < 1.29 is 14.6 Å². The smallest absolute Gasteiger partial charge is 0.333 e. The van der Waals surface area contributed by atoms with Crippen molar-refractivity contribution >= 4 is 5.97 Å². The van der Waals surface area contributed by atoms with E-state index in [2.05, 4.69) is 13.0 Å². The van der Waals surface area contributed by atoms with E-state index in [1.54, 1.807) is 6.92 Å². The second-order valence-corrected chi connectivity index (χ2v) is 4.97. The van der Waals surface area contributed by atoms with E-state index < -0.39 is 0 Å². The number of ether oxygens (including phenoxy) is 1. The SMILES string of the molecule is CCOC(=O)C(C)=CCCC(C)=CCCC(C)=CCO. The first-order valence-corrected chi connectivity index (χ1v) is 7.27. The molecule has 0 heterocycles. The predicted molar refractivity (Wildman–Crippen MR) is 83.5 cm³/mol. The molecule has 0 saturated carbocycles. The summed E-state index contributed by atoms with van der Waals surface area (Å²) < 4.78 is 4.93. The van der Waals surface area contributed by atoms with Crippen molar-refractivity contribution in [1.82, 2.24) is 0 Å². The molecule has 0 amide bonds. The molecule has 0 rings (SSSR count). The Balaban J connectivity index is 4.03. The molecule has 0 aliphatic rings. The van der Waals surface area contributed by atoms with Crippen LogP contribution in [0.15, 0.2) is 34.9 Å². The monoisotopic (exact) mass is 280 g/mol. The fourth-order valence-corrected chi connectivity index (χ4v) is 1.75. The van der Waals surface area contributed by atoms with E-state index in [9.17, 15) is 4.79 Å². The average molecular weight is 280 g/mol. The van der Waals surface area contributed by atoms with Gasteiger partial charge in [-0.1, -0.05) is 29.4 Å². The van der Waals surface area contributed by atoms with Crippen molar-refractivity contribution in [2.75, 3.05) is 13.2 Å². The Hall–Kier alpha value is -1.35. The molecule has 0 aliphatic heterocycles. The van der Waals surface area contributed by atoms with Gasteiger partial charge in [-0.05, 0) is 53.4 Å². The van der Waals surface area contributed by atoms with Crippen LogP contribution in [0.5, 0.6) is 0 Å². The summed E-state index contributed by atoms with van der Waals surface area (Å²) in [4.78, 5) is 11.4. The molecule has 0 fully saturated rings. The van der Waals surface area contributed by atoms with Gasteiger partial charge in [-0.25, -0.2) is 4.79 Å². The van der Waals surface area contributed by atoms with Crippen LogP contribution in [0.25, 0.3) is 0 Å². The zero-order chi connectivity index (χ0) is 15.4. The first-order valence-electron chi connectivity index (χ1n) is 7.27. The van der Waals surface area contributed by atoms with Gasteiger partial charge in [-0.2, -0.15) is 0 Å². The van der Waals surface area contributed by atoms with E-state index in [4.69, 9.17) is 9.84 Å². The van der Waals surface area contributed by atoms with E-state index in [0.717, 1.165) is 25.7 Å². The van der Waals surface area contributed by atoms with Crippen LogP contribution in [-0.2, 0) is 9.53 Å². The maximum absolute atomic E-state index is 11.4. The fraction of sp³-hybridized carbons (Fsp3) is 0.588. The lowest BCUT2D eigenvalue weighted by atomic mass is 10.1. The lowest BCUT2D eigenvalue weighted by molar-refractivity contribution is -0.138. The standard InChI is InChI=1S/C17H28O3/c1-5-20-17(19)16(4)11-7-10-14(2)8-6-9-15(3)12-13-18/h8,11-12,18H,5-7,9-10,13H2,1-4H3. The van der Waals surface area contributed by atoms with Crippen LogP contribution in [0.2, 0.25) is 0 Å². The molecule has 0 radical (unpaired) electrons. The van der Waals surface area contributed by atoms with Crippen LogP contribution < -0.4 is 0 Å². The predicted octanol–water partition coefficient (Wildman–Crippen LogP) is 3.94. The number of allylic oxidation sites excluding steroid dienone is 4. The number of hydrogen-bond donors (Lipinski definition) is 1. The van der Waals surface area contributed by atoms with Crippen molar-refractivity contribution in [3.8, 4) is 0 Å². The second-order valence-electron chi connectivity index (χ2n) is 4.97. The van der Waals surface area contributed by atoms with Crippen LogP contribution in [0.1, 0.15) is 53.4 Å². The third kappa shape index (κ3) is 9.56. The van der Waals surface area contributed by atoms with Gasteiger partial charge in [0.2, 0.25) is 0 Å². The Bertz CT molecular complexity index is 376. The van der Waals surface area contributed by atoms with E-state index in [1.165, 1.54) is 11.1 Å². The van der Waals surface area contributed by atoms with Crippen LogP contribution in [-0.4, -0.2) is 24.3 Å². The van der Waals surface area contributed by atoms with Gasteiger partial charge in [0.05, 0.1) is 13.2 Å². The van der Waals surface area contributed by atoms with Gasteiger partial charge < -0.3 is 9.84 Å². The molecule has 0 atom stereocenters. The Morgan fingerprint density at radius 2 is 1.55 bits per heavy atom. The summed E-state index contributed by atoms with van der Waals surface area (Å²) in [6, 6.07) is 0. The Kier molecular flexibility index (Phi) is 10.7. The topological polar surface area (TPSA) is 46.5 Å². The maximum Gasteiger partial charge on any atom is 0.333 e. The summed E-state index contributed by atoms with van der Waals surface area (Å²) in [6.45, 7) is 8.28. The fourth-order valence-electron chi connectivity index (χ4n) is 1.75. The molecule has 1 N–H and O–H groups in total. The summed E-state index contributed by atoms with van der Waals surface area (Å²) in [6.07, 6.45) is 9.80. The summed E-state index contributed by atoms with van der Waals surface area (Å²) in [7, 11) is 0. The number of aliphatic hydroxyl groups excluding tert-OH is 1. The molecule has 0 saturated heterocycles. The number of esters is 1. The summed E-state index contributed by atoms with van der Waals surface area (Å²) in [5.41, 5.74) is 3.23. The summed E-state index contributed by atoms with van der Waals surface area (Å²) >= 11 is 0. The minimum Gasteiger partial charge on any atom is -0.463 e. The van der Waals surface area contributed by atoms with Gasteiger partial charge in [-0.3, -0.25) is 0 Å². The first kappa shape index (κ1) is 18.7. The zero-order valence-corrected chi connectivity index (χ0v) is 13.2. The van der Waals surface area contributed by atoms with Crippen molar-refractivity contribution in [1.29, 1.82) is 0 Å². The first-order chi connectivity index (χ1) is 9.51. The van der Waals surface area contributed by atoms with E-state index in [0.29, 0.717) is 12.2 Å². The minimum atomic E-state index is -0.223. The molecule has 20 heavy (non-hydrogen) atoms. The highest BCUT2D eigenvalue weighted by atomic mass is 16.5. The van der Waals surface area contributed by atoms with E-state index in [-0.39, 0.29) is 12.6 Å². The zero-order valence-electron chi connectivity index (χ0n) is 13.2. The molecule has 3 heteroatoms. The number of hydrogen-bond acceptors (Lipinski definition) is 3. The highest BCUT2D eigenvalue weighted by Gasteiger charge is 2.02. The van der Waals surface area contributed by atoms with Crippen LogP contribution >= 0.6 is 0 Å². The van der Waals surface area contributed by atoms with Gasteiger partial charge in [0.25, 0.3) is 0 Å². The Morgan fingerprint density at radius 1 is 1.00 bits per heavy atom. The van der Waals surface area contributed by atoms with E-state index >= 15 is 0 Å². The van der Waals surface area contributed by atoms with Gasteiger partial charge in [-0.15, -0.1) is 0 Å². The summed E-state index contributed by atoms with van der Waals surface area (Å²) in [5, 5.41) is 8.76. The molecule has 0 aromatic rings. The van der Waals surface area contributed by atoms with Gasteiger partial charge in [0.1, 0.15) is 0 Å². The van der Waals surface area contributed by atoms with Crippen molar-refractivity contribution in [3.05, 3.63) is 34.9 Å². The summed E-state index contributed by atoms with van der Waals surface area (Å²) in [5.74, 6) is -0.223. The van der Waals surface area contributed by atoms with Gasteiger partial charge in [0.15, 0.2) is 0 Å². The van der Waals surface area contributed by atoms with Crippen LogP contribution in [0.3, 0.4) is 0 Å². The highest BCUT2D eigenvalue weighted by molar-refractivity contribution is 5.87. The molecule has 0 bridgehead atoms. The molecular formula is C17H28O3. The number of aliphatic hydroxyl groups is 1. The molecule has 3 nitrogen and oxygen atoms in total. The molecule has 114 valence electrons. The molecular weight excluding hydrogens is 252 g/mol. The van der Waals surface area contributed by atoms with Crippen molar-refractivity contribution in [2.24, 2.45) is 0 Å². The Morgan fingerprint density at radius 3 is 2.10 bits per heavy atom. The normalized spacial score (nSPS) is 13.6. The number of carbonyl (C=O) groups is 1. The third-order valence-electron chi connectivity index (χ3n) is 3.06. The van der Waals surface area contributed by atoms with Crippen LogP contribution in [0, 0.1) is 0 Å². The largest absolute Gasteiger partial charge is 0.463 e. The minimum absolute atomic E-state index is 0.118. The van der Waals surface area contributed by atoms with Gasteiger partial charge >= 0.3 is 5.97 Å². The second kappa shape index (κ2) is 11.5. The molecule has 0 aromatic heterocycles. The molecule has 0 spiro atoms. The average Bonchev–Trinajstić information content (AvgIpc) is 2.39. The number of rotatable bonds is 9. The lowest BCUT2D eigenvalue weighted by Gasteiger charge is -2.03. The van der Waals surface area contributed by atoms with Crippen molar-refractivity contribution in [2.45, 2.75) is 53.4 Å².